The zero-order valence-electron chi connectivity index (χ0n) is 12.8. The van der Waals surface area contributed by atoms with Crippen LogP contribution in [0.4, 0.5) is 5.69 Å². The molecule has 0 aliphatic carbocycles. The third kappa shape index (κ3) is 4.16. The number of nitrogens with zero attached hydrogens (tertiary/aromatic N) is 3. The van der Waals surface area contributed by atoms with Gasteiger partial charge < -0.3 is 5.32 Å². The summed E-state index contributed by atoms with van der Waals surface area (Å²) in [4.78, 5) is 25.7. The van der Waals surface area contributed by atoms with E-state index in [0.717, 1.165) is 16.6 Å². The first-order valence-electron chi connectivity index (χ1n) is 7.44. The standard InChI is InChI=1S/C18H11ClN4OS.Na.H/c19-12-3-1-2-4-13(12)22-18-23-17(24)16(25-18)10-11-5-6-14-15(9-11)21-8-7-20-14;;/h1-10H,(H,22,23,24);;. The van der Waals surface area contributed by atoms with E-state index in [1.807, 2.05) is 36.4 Å². The van der Waals surface area contributed by atoms with Gasteiger partial charge in [-0.25, -0.2) is 4.99 Å². The van der Waals surface area contributed by atoms with Crippen molar-refractivity contribution >= 4 is 86.8 Å². The van der Waals surface area contributed by atoms with E-state index in [1.165, 1.54) is 11.8 Å². The van der Waals surface area contributed by atoms with E-state index >= 15 is 0 Å². The van der Waals surface area contributed by atoms with Crippen LogP contribution < -0.4 is 5.32 Å². The number of aliphatic imine (C=N–C) groups is 1. The first-order valence-corrected chi connectivity index (χ1v) is 8.63. The van der Waals surface area contributed by atoms with Crippen molar-refractivity contribution in [1.82, 2.24) is 15.3 Å². The summed E-state index contributed by atoms with van der Waals surface area (Å²) in [6, 6.07) is 12.9. The Morgan fingerprint density at radius 3 is 2.65 bits per heavy atom. The SMILES string of the molecule is O=C1NC(=Nc2ccccc2Cl)SC1=Cc1ccc2nccnc2c1.[NaH]. The number of amides is 1. The van der Waals surface area contributed by atoms with Crippen LogP contribution in [0.25, 0.3) is 17.1 Å². The van der Waals surface area contributed by atoms with Crippen molar-refractivity contribution in [2.75, 3.05) is 0 Å². The Morgan fingerprint density at radius 2 is 1.85 bits per heavy atom. The maximum absolute atomic E-state index is 12.2. The van der Waals surface area contributed by atoms with Gasteiger partial charge in [0.15, 0.2) is 5.17 Å². The fourth-order valence-corrected chi connectivity index (χ4v) is 3.37. The average Bonchev–Trinajstić information content (AvgIpc) is 2.96. The van der Waals surface area contributed by atoms with Crippen LogP contribution in [-0.2, 0) is 4.79 Å². The summed E-state index contributed by atoms with van der Waals surface area (Å²) in [6.07, 6.45) is 5.10. The minimum absolute atomic E-state index is 0. The van der Waals surface area contributed by atoms with Crippen molar-refractivity contribution in [3.05, 3.63) is 70.3 Å². The van der Waals surface area contributed by atoms with Gasteiger partial charge in [-0.2, -0.15) is 0 Å². The van der Waals surface area contributed by atoms with Gasteiger partial charge >= 0.3 is 29.6 Å². The van der Waals surface area contributed by atoms with Crippen LogP contribution in [0.1, 0.15) is 5.56 Å². The van der Waals surface area contributed by atoms with Gasteiger partial charge in [-0.3, -0.25) is 14.8 Å². The van der Waals surface area contributed by atoms with E-state index in [0.29, 0.717) is 20.8 Å². The molecule has 0 unspecified atom stereocenters. The van der Waals surface area contributed by atoms with Crippen molar-refractivity contribution in [1.29, 1.82) is 0 Å². The molecule has 0 atom stereocenters. The Bertz CT molecular complexity index is 1050. The Kier molecular flexibility index (Phi) is 6.11. The monoisotopic (exact) mass is 390 g/mol. The normalized spacial score (nSPS) is 16.7. The second kappa shape index (κ2) is 8.33. The second-order valence-electron chi connectivity index (χ2n) is 5.24. The number of amidine groups is 1. The van der Waals surface area contributed by atoms with Crippen LogP contribution in [0, 0.1) is 0 Å². The van der Waals surface area contributed by atoms with E-state index in [-0.39, 0.29) is 35.5 Å². The molecule has 2 aromatic carbocycles. The summed E-state index contributed by atoms with van der Waals surface area (Å²) in [7, 11) is 0. The molecule has 1 fully saturated rings. The van der Waals surface area contributed by atoms with Gasteiger partial charge in [-0.15, -0.1) is 0 Å². The molecule has 0 bridgehead atoms. The molecule has 4 rings (SSSR count). The van der Waals surface area contributed by atoms with Gasteiger partial charge in [0.1, 0.15) is 0 Å². The van der Waals surface area contributed by atoms with Crippen LogP contribution in [0.5, 0.6) is 0 Å². The molecule has 26 heavy (non-hydrogen) atoms. The van der Waals surface area contributed by atoms with Crippen LogP contribution in [0.2, 0.25) is 5.02 Å². The van der Waals surface area contributed by atoms with Crippen molar-refractivity contribution in [2.45, 2.75) is 0 Å². The summed E-state index contributed by atoms with van der Waals surface area (Å²) in [5, 5.41) is 3.80. The fraction of sp³-hybridized carbons (Fsp3) is 0. The first kappa shape index (κ1) is 19.1. The molecular weight excluding hydrogens is 379 g/mol. The summed E-state index contributed by atoms with van der Waals surface area (Å²) in [5.41, 5.74) is 3.10. The third-order valence-corrected chi connectivity index (χ3v) is 4.75. The summed E-state index contributed by atoms with van der Waals surface area (Å²) < 4.78 is 0. The molecule has 1 aliphatic rings. The molecular formula is C18H12ClN4NaOS. The van der Waals surface area contributed by atoms with Gasteiger partial charge in [0.05, 0.1) is 26.6 Å². The maximum atomic E-state index is 12.2. The van der Waals surface area contributed by atoms with Crippen molar-refractivity contribution < 1.29 is 4.79 Å². The number of halogens is 1. The molecule has 1 saturated heterocycles. The number of fused-ring (bicyclic) bond motifs is 1. The van der Waals surface area contributed by atoms with E-state index in [1.54, 1.807) is 24.5 Å². The number of carbonyl (C=O) groups excluding carboxylic acids is 1. The van der Waals surface area contributed by atoms with Crippen LogP contribution in [0.3, 0.4) is 0 Å². The fourth-order valence-electron chi connectivity index (χ4n) is 2.35. The number of thioether (sulfide) groups is 1. The molecule has 3 aromatic rings. The summed E-state index contributed by atoms with van der Waals surface area (Å²) in [5.74, 6) is -0.185. The van der Waals surface area contributed by atoms with Gasteiger partial charge in [0.2, 0.25) is 0 Å². The van der Waals surface area contributed by atoms with E-state index in [9.17, 15) is 4.79 Å². The predicted octanol–water partition coefficient (Wildman–Crippen LogP) is 3.53. The Hall–Kier alpha value is -1.70. The van der Waals surface area contributed by atoms with Crippen molar-refractivity contribution in [3.8, 4) is 0 Å². The minimum atomic E-state index is -0.185. The molecule has 5 nitrogen and oxygen atoms in total. The van der Waals surface area contributed by atoms with Crippen LogP contribution >= 0.6 is 23.4 Å². The number of para-hydroxylation sites is 1. The first-order chi connectivity index (χ1) is 12.2. The van der Waals surface area contributed by atoms with E-state index in [2.05, 4.69) is 20.3 Å². The predicted molar refractivity (Wildman–Crippen MR) is 109 cm³/mol. The van der Waals surface area contributed by atoms with Gasteiger partial charge in [0, 0.05) is 12.4 Å². The number of benzene rings is 2. The number of nitrogens with one attached hydrogen (secondary N) is 1. The molecule has 0 saturated carbocycles. The molecule has 124 valence electrons. The molecule has 1 N–H and O–H groups in total. The molecule has 1 aliphatic heterocycles. The third-order valence-electron chi connectivity index (χ3n) is 3.52. The molecule has 1 aromatic heterocycles. The number of carbonyl (C=O) groups is 1. The zero-order chi connectivity index (χ0) is 17.2. The topological polar surface area (TPSA) is 67.2 Å². The van der Waals surface area contributed by atoms with Crippen LogP contribution in [0.15, 0.2) is 64.8 Å². The van der Waals surface area contributed by atoms with Crippen molar-refractivity contribution in [3.63, 3.8) is 0 Å². The van der Waals surface area contributed by atoms with Crippen molar-refractivity contribution in [2.24, 2.45) is 4.99 Å². The molecule has 1 amide bonds. The number of rotatable bonds is 2. The number of aromatic nitrogens is 2. The second-order valence-corrected chi connectivity index (χ2v) is 6.68. The number of hydrogen-bond donors (Lipinski definition) is 1. The average molecular weight is 391 g/mol. The Morgan fingerprint density at radius 1 is 1.08 bits per heavy atom. The zero-order valence-corrected chi connectivity index (χ0v) is 14.4. The Labute approximate surface area is 181 Å². The van der Waals surface area contributed by atoms with Gasteiger partial charge in [0.25, 0.3) is 5.91 Å². The van der Waals surface area contributed by atoms with Gasteiger partial charge in [-0.05, 0) is 47.7 Å². The summed E-state index contributed by atoms with van der Waals surface area (Å²) in [6.45, 7) is 0. The van der Waals surface area contributed by atoms with Gasteiger partial charge in [-0.1, -0.05) is 29.8 Å². The van der Waals surface area contributed by atoms with E-state index in [4.69, 9.17) is 11.6 Å². The molecule has 0 radical (unpaired) electrons. The molecule has 2 heterocycles. The quantitative estimate of drug-likeness (QED) is 0.537. The van der Waals surface area contributed by atoms with Crippen LogP contribution in [-0.4, -0.2) is 50.6 Å². The molecule has 0 spiro atoms. The Balaban J connectivity index is 0.00000196. The molecule has 8 heteroatoms. The number of hydrogen-bond acceptors (Lipinski definition) is 5. The van der Waals surface area contributed by atoms with E-state index < -0.39 is 0 Å². The summed E-state index contributed by atoms with van der Waals surface area (Å²) >= 11 is 7.38.